The van der Waals surface area contributed by atoms with Crippen LogP contribution in [0.3, 0.4) is 0 Å². The van der Waals surface area contributed by atoms with Crippen molar-refractivity contribution in [3.63, 3.8) is 0 Å². The van der Waals surface area contributed by atoms with Gasteiger partial charge in [-0.05, 0) is 30.5 Å². The van der Waals surface area contributed by atoms with E-state index >= 15 is 0 Å². The monoisotopic (exact) mass is 244 g/mol. The van der Waals surface area contributed by atoms with Gasteiger partial charge in [0, 0.05) is 31.9 Å². The van der Waals surface area contributed by atoms with Gasteiger partial charge in [-0.15, -0.1) is 0 Å². The Labute approximate surface area is 97.3 Å². The molecule has 1 heterocycles. The first-order valence-corrected chi connectivity index (χ1v) is 4.25. The topological polar surface area (TPSA) is 50.2 Å². The van der Waals surface area contributed by atoms with Gasteiger partial charge in [0.15, 0.2) is 0 Å². The van der Waals surface area contributed by atoms with Crippen molar-refractivity contribution in [1.29, 1.82) is 0 Å². The smallest absolute Gasteiger partial charge is 0.0270 e. The Morgan fingerprint density at radius 1 is 1.43 bits per heavy atom. The molecule has 1 rings (SSSR count). The summed E-state index contributed by atoms with van der Waals surface area (Å²) in [6, 6.07) is 4.16. The van der Waals surface area contributed by atoms with Crippen LogP contribution in [0.2, 0.25) is 0 Å². The molecule has 4 heteroatoms. The van der Waals surface area contributed by atoms with E-state index in [1.54, 1.807) is 0 Å². The summed E-state index contributed by atoms with van der Waals surface area (Å²) in [5.74, 6) is 0. The average molecular weight is 246 g/mol. The number of aromatic nitrogens is 1. The van der Waals surface area contributed by atoms with Crippen LogP contribution in [-0.2, 0) is 30.7 Å². The van der Waals surface area contributed by atoms with Gasteiger partial charge in [0.05, 0.1) is 0 Å². The van der Waals surface area contributed by atoms with Crippen molar-refractivity contribution in [1.82, 2.24) is 4.98 Å². The van der Waals surface area contributed by atoms with Crippen LogP contribution in [0.5, 0.6) is 0 Å². The van der Waals surface area contributed by atoms with Crippen LogP contribution < -0.4 is 0 Å². The molecular formula is C10H14NO2Zn-. The molecule has 3 nitrogen and oxygen atoms in total. The minimum Gasteiger partial charge on any atom is -0.665 e. The molecule has 0 aliphatic heterocycles. The summed E-state index contributed by atoms with van der Waals surface area (Å²) >= 11 is 0. The molecule has 0 atom stereocenters. The molecule has 0 bridgehead atoms. The summed E-state index contributed by atoms with van der Waals surface area (Å²) in [6.07, 6.45) is 7.45. The predicted molar refractivity (Wildman–Crippen MR) is 51.2 cm³/mol. The van der Waals surface area contributed by atoms with Crippen LogP contribution in [0.15, 0.2) is 24.5 Å². The van der Waals surface area contributed by atoms with Crippen LogP contribution in [0.4, 0.5) is 0 Å². The second kappa shape index (κ2) is 12.2. The number of rotatable bonds is 3. The van der Waals surface area contributed by atoms with Gasteiger partial charge in [-0.3, -0.25) is 4.98 Å². The van der Waals surface area contributed by atoms with Gasteiger partial charge in [-0.25, -0.2) is 0 Å². The van der Waals surface area contributed by atoms with Gasteiger partial charge in [0.1, 0.15) is 0 Å². The zero-order valence-corrected chi connectivity index (χ0v) is 11.4. The van der Waals surface area contributed by atoms with Crippen LogP contribution in [0.1, 0.15) is 25.3 Å². The summed E-state index contributed by atoms with van der Waals surface area (Å²) in [5, 5.41) is 6.76. The maximum Gasteiger partial charge on any atom is 0.0270 e. The average Bonchev–Trinajstić information content (AvgIpc) is 2.18. The summed E-state index contributed by atoms with van der Waals surface area (Å²) in [4.78, 5) is 12.2. The zero-order valence-electron chi connectivity index (χ0n) is 8.44. The van der Waals surface area contributed by atoms with Crippen molar-refractivity contribution in [2.24, 2.45) is 0 Å². The first-order valence-electron chi connectivity index (χ1n) is 4.25. The van der Waals surface area contributed by atoms with Gasteiger partial charge in [0.2, 0.25) is 0 Å². The molecule has 0 fully saturated rings. The minimum absolute atomic E-state index is 0. The third kappa shape index (κ3) is 9.33. The number of unbranched alkanes of at least 4 members (excludes halogenated alkanes) is 1. The van der Waals surface area contributed by atoms with E-state index in [-0.39, 0.29) is 19.5 Å². The van der Waals surface area contributed by atoms with Crippen molar-refractivity contribution in [3.05, 3.63) is 30.1 Å². The van der Waals surface area contributed by atoms with Crippen molar-refractivity contribution >= 4 is 6.47 Å². The van der Waals surface area contributed by atoms with Crippen LogP contribution in [0, 0.1) is 0 Å². The zero-order chi connectivity index (χ0) is 9.94. The van der Waals surface area contributed by atoms with Crippen molar-refractivity contribution in [3.8, 4) is 0 Å². The van der Waals surface area contributed by atoms with E-state index < -0.39 is 0 Å². The van der Waals surface area contributed by atoms with E-state index in [1.165, 1.54) is 24.8 Å². The van der Waals surface area contributed by atoms with Gasteiger partial charge in [0.25, 0.3) is 0 Å². The number of nitrogens with zero attached hydrogens (tertiary/aromatic N) is 1. The fraction of sp³-hybridized carbons (Fsp3) is 0.400. The second-order valence-corrected chi connectivity index (χ2v) is 2.55. The second-order valence-electron chi connectivity index (χ2n) is 2.55. The summed E-state index contributed by atoms with van der Waals surface area (Å²) in [7, 11) is 0. The molecule has 0 radical (unpaired) electrons. The van der Waals surface area contributed by atoms with Gasteiger partial charge in [-0.1, -0.05) is 19.8 Å². The number of hydrogen-bond acceptors (Lipinski definition) is 2. The van der Waals surface area contributed by atoms with Crippen molar-refractivity contribution in [2.75, 3.05) is 0 Å². The van der Waals surface area contributed by atoms with Gasteiger partial charge >= 0.3 is 0 Å². The number of aliphatic hydroxyl groups excluding tert-OH is 1. The molecule has 14 heavy (non-hydrogen) atoms. The van der Waals surface area contributed by atoms with E-state index in [0.29, 0.717) is 6.47 Å². The Kier molecular flexibility index (Phi) is 13.7. The first kappa shape index (κ1) is 15.7. The van der Waals surface area contributed by atoms with E-state index in [4.69, 9.17) is 9.90 Å². The minimum atomic E-state index is 0. The maximum atomic E-state index is 8.24. The molecule has 0 amide bonds. The van der Waals surface area contributed by atoms with Crippen molar-refractivity contribution in [2.45, 2.75) is 26.2 Å². The molecule has 74 valence electrons. The van der Waals surface area contributed by atoms with Crippen LogP contribution in [-0.4, -0.2) is 16.6 Å². The molecule has 0 spiro atoms. The fourth-order valence-electron chi connectivity index (χ4n) is 0.930. The standard InChI is InChI=1S/C9H13N.CHO2.Zn/c1-2-3-4-9-5-7-10-8-6-9;2-1-3;/h5-8H,2-4H2,1H3;(H,2,3);/q;-1;. The number of pyridine rings is 1. The predicted octanol–water partition coefficient (Wildman–Crippen LogP) is 2.03. The van der Waals surface area contributed by atoms with Gasteiger partial charge in [-0.2, -0.15) is 0 Å². The quantitative estimate of drug-likeness (QED) is 0.655. The molecule has 1 aromatic rings. The molecular weight excluding hydrogens is 232 g/mol. The van der Waals surface area contributed by atoms with Gasteiger partial charge < -0.3 is 9.90 Å². The maximum absolute atomic E-state index is 8.24. The molecule has 0 saturated heterocycles. The number of hydrogen-bond donors (Lipinski definition) is 1. The number of aryl methyl sites for hydroxylation is 1. The summed E-state index contributed by atoms with van der Waals surface area (Å²) in [5.41, 5.74) is 1.40. The SMILES string of the molecule is CCCCc1ccncc1.O=[C-]O.[Zn]. The summed E-state index contributed by atoms with van der Waals surface area (Å²) < 4.78 is 0. The largest absolute Gasteiger partial charge is 0.665 e. The van der Waals surface area contributed by atoms with E-state index in [1.807, 2.05) is 12.4 Å². The van der Waals surface area contributed by atoms with E-state index in [2.05, 4.69) is 24.0 Å². The first-order chi connectivity index (χ1) is 6.35. The molecule has 0 aliphatic carbocycles. The van der Waals surface area contributed by atoms with Crippen LogP contribution in [0.25, 0.3) is 0 Å². The molecule has 1 N–H and O–H groups in total. The molecule has 0 aromatic carbocycles. The fourth-order valence-corrected chi connectivity index (χ4v) is 0.930. The summed E-state index contributed by atoms with van der Waals surface area (Å²) in [6.45, 7) is 2.71. The third-order valence-electron chi connectivity index (χ3n) is 1.57. The normalized spacial score (nSPS) is 7.79. The molecule has 0 unspecified atom stereocenters. The Morgan fingerprint density at radius 2 is 1.93 bits per heavy atom. The Morgan fingerprint density at radius 3 is 2.36 bits per heavy atom. The molecule has 0 aliphatic rings. The third-order valence-corrected chi connectivity index (χ3v) is 1.57. The van der Waals surface area contributed by atoms with Crippen molar-refractivity contribution < 1.29 is 29.4 Å². The molecule has 1 aromatic heterocycles. The molecule has 0 saturated carbocycles. The Balaban J connectivity index is 0. The Bertz CT molecular complexity index is 217. The van der Waals surface area contributed by atoms with E-state index in [9.17, 15) is 0 Å². The Hall–Kier alpha value is -0.757. The van der Waals surface area contributed by atoms with E-state index in [0.717, 1.165) is 0 Å². The van der Waals surface area contributed by atoms with Crippen LogP contribution >= 0.6 is 0 Å².